The van der Waals surface area contributed by atoms with Gasteiger partial charge in [-0.05, 0) is 31.9 Å². The SMILES string of the molecule is CCCCC[N+]1(CC)C=CC=C1. The van der Waals surface area contributed by atoms with Crippen molar-refractivity contribution in [1.82, 2.24) is 0 Å². The Bertz CT molecular complexity index is 167. The average molecular weight is 166 g/mol. The highest BCUT2D eigenvalue weighted by molar-refractivity contribution is 5.03. The van der Waals surface area contributed by atoms with Crippen LogP contribution in [0.2, 0.25) is 0 Å². The zero-order valence-corrected chi connectivity index (χ0v) is 8.29. The molecule has 0 aromatic rings. The van der Waals surface area contributed by atoms with Gasteiger partial charge in [0.1, 0.15) is 12.4 Å². The van der Waals surface area contributed by atoms with Gasteiger partial charge in [-0.1, -0.05) is 13.3 Å². The molecule has 1 rings (SSSR count). The lowest BCUT2D eigenvalue weighted by atomic mass is 10.2. The first-order chi connectivity index (χ1) is 5.83. The van der Waals surface area contributed by atoms with Gasteiger partial charge in [0, 0.05) is 0 Å². The van der Waals surface area contributed by atoms with E-state index in [-0.39, 0.29) is 0 Å². The minimum atomic E-state index is 1.07. The lowest BCUT2D eigenvalue weighted by Crippen LogP contribution is -2.36. The van der Waals surface area contributed by atoms with Gasteiger partial charge in [-0.15, -0.1) is 0 Å². The van der Waals surface area contributed by atoms with Crippen LogP contribution in [-0.2, 0) is 0 Å². The van der Waals surface area contributed by atoms with E-state index in [4.69, 9.17) is 0 Å². The summed E-state index contributed by atoms with van der Waals surface area (Å²) < 4.78 is 1.07. The summed E-state index contributed by atoms with van der Waals surface area (Å²) in [6, 6.07) is 0. The molecule has 0 amide bonds. The second kappa shape index (κ2) is 4.46. The summed E-state index contributed by atoms with van der Waals surface area (Å²) >= 11 is 0. The van der Waals surface area contributed by atoms with Gasteiger partial charge >= 0.3 is 0 Å². The molecule has 0 saturated carbocycles. The third-order valence-corrected chi connectivity index (χ3v) is 2.64. The number of allylic oxidation sites excluding steroid dienone is 2. The van der Waals surface area contributed by atoms with Crippen LogP contribution in [0.25, 0.3) is 0 Å². The van der Waals surface area contributed by atoms with E-state index in [9.17, 15) is 0 Å². The summed E-state index contributed by atoms with van der Waals surface area (Å²) in [5, 5.41) is 0. The maximum atomic E-state index is 2.30. The Balaban J connectivity index is 2.35. The van der Waals surface area contributed by atoms with Gasteiger partial charge in [0.2, 0.25) is 0 Å². The van der Waals surface area contributed by atoms with E-state index >= 15 is 0 Å². The van der Waals surface area contributed by atoms with Crippen molar-refractivity contribution in [2.45, 2.75) is 33.1 Å². The molecular formula is C11H20N+. The number of rotatable bonds is 5. The predicted molar refractivity (Wildman–Crippen MR) is 53.5 cm³/mol. The van der Waals surface area contributed by atoms with Crippen molar-refractivity contribution in [3.05, 3.63) is 24.6 Å². The molecule has 0 aromatic carbocycles. The zero-order valence-electron chi connectivity index (χ0n) is 8.29. The third kappa shape index (κ3) is 2.21. The fraction of sp³-hybridized carbons (Fsp3) is 0.636. The van der Waals surface area contributed by atoms with E-state index in [1.165, 1.54) is 32.4 Å². The molecule has 0 bridgehead atoms. The van der Waals surface area contributed by atoms with E-state index in [1.54, 1.807) is 0 Å². The molecule has 0 aromatic heterocycles. The van der Waals surface area contributed by atoms with Gasteiger partial charge in [0.25, 0.3) is 0 Å². The van der Waals surface area contributed by atoms with Gasteiger partial charge in [0.15, 0.2) is 0 Å². The first kappa shape index (κ1) is 9.53. The topological polar surface area (TPSA) is 0 Å². The van der Waals surface area contributed by atoms with Crippen LogP contribution in [0.15, 0.2) is 24.6 Å². The highest BCUT2D eigenvalue weighted by atomic mass is 15.3. The second-order valence-corrected chi connectivity index (χ2v) is 3.53. The number of unbranched alkanes of at least 4 members (excludes halogenated alkanes) is 2. The van der Waals surface area contributed by atoms with Crippen molar-refractivity contribution < 1.29 is 4.48 Å². The molecule has 0 saturated heterocycles. The largest absolute Gasteiger partial charge is 0.271 e. The smallest absolute Gasteiger partial charge is 0.101 e. The molecule has 1 heterocycles. The van der Waals surface area contributed by atoms with Gasteiger partial charge in [-0.2, -0.15) is 0 Å². The zero-order chi connectivity index (χ0) is 8.86. The highest BCUT2D eigenvalue weighted by Crippen LogP contribution is 2.17. The fourth-order valence-corrected chi connectivity index (χ4v) is 1.67. The monoisotopic (exact) mass is 166 g/mol. The Morgan fingerprint density at radius 1 is 1.00 bits per heavy atom. The van der Waals surface area contributed by atoms with Crippen LogP contribution in [0.1, 0.15) is 33.1 Å². The van der Waals surface area contributed by atoms with E-state index < -0.39 is 0 Å². The first-order valence-corrected chi connectivity index (χ1v) is 5.06. The molecule has 0 radical (unpaired) electrons. The van der Waals surface area contributed by atoms with Crippen molar-refractivity contribution in [2.24, 2.45) is 0 Å². The van der Waals surface area contributed by atoms with Crippen molar-refractivity contribution in [3.8, 4) is 0 Å². The van der Waals surface area contributed by atoms with Gasteiger partial charge in [-0.25, -0.2) is 0 Å². The molecular weight excluding hydrogens is 146 g/mol. The molecule has 1 heteroatoms. The van der Waals surface area contributed by atoms with Crippen LogP contribution in [0.3, 0.4) is 0 Å². The highest BCUT2D eigenvalue weighted by Gasteiger charge is 2.20. The molecule has 1 aliphatic heterocycles. The van der Waals surface area contributed by atoms with Crippen molar-refractivity contribution in [2.75, 3.05) is 13.1 Å². The second-order valence-electron chi connectivity index (χ2n) is 3.53. The fourth-order valence-electron chi connectivity index (χ4n) is 1.67. The van der Waals surface area contributed by atoms with Crippen molar-refractivity contribution in [1.29, 1.82) is 0 Å². The van der Waals surface area contributed by atoms with Crippen LogP contribution in [-0.4, -0.2) is 17.6 Å². The van der Waals surface area contributed by atoms with Crippen molar-refractivity contribution >= 4 is 0 Å². The van der Waals surface area contributed by atoms with Crippen molar-refractivity contribution in [3.63, 3.8) is 0 Å². The summed E-state index contributed by atoms with van der Waals surface area (Å²) in [6.07, 6.45) is 13.0. The molecule has 1 aliphatic rings. The summed E-state index contributed by atoms with van der Waals surface area (Å²) in [7, 11) is 0. The van der Waals surface area contributed by atoms with Crippen LogP contribution in [0.5, 0.6) is 0 Å². The lowest BCUT2D eigenvalue weighted by Gasteiger charge is -2.27. The number of hydrogen-bond acceptors (Lipinski definition) is 0. The van der Waals surface area contributed by atoms with E-state index in [0.29, 0.717) is 0 Å². The molecule has 0 unspecified atom stereocenters. The van der Waals surface area contributed by atoms with E-state index in [2.05, 4.69) is 38.4 Å². The molecule has 0 N–H and O–H groups in total. The average Bonchev–Trinajstić information content (AvgIpc) is 2.55. The molecule has 0 fully saturated rings. The number of quaternary nitrogens is 1. The maximum absolute atomic E-state index is 2.30. The molecule has 0 atom stereocenters. The summed E-state index contributed by atoms with van der Waals surface area (Å²) in [5.41, 5.74) is 0. The van der Waals surface area contributed by atoms with E-state index in [1.807, 2.05) is 0 Å². The Morgan fingerprint density at radius 2 is 1.67 bits per heavy atom. The lowest BCUT2D eigenvalue weighted by molar-refractivity contribution is -0.824. The van der Waals surface area contributed by atoms with Crippen LogP contribution < -0.4 is 0 Å². The summed E-state index contributed by atoms with van der Waals surface area (Å²) in [6.45, 7) is 6.98. The van der Waals surface area contributed by atoms with E-state index in [0.717, 1.165) is 4.48 Å². The normalized spacial score (nSPS) is 18.8. The molecule has 1 nitrogen and oxygen atoms in total. The number of hydrogen-bond donors (Lipinski definition) is 0. The minimum absolute atomic E-state index is 1.07. The first-order valence-electron chi connectivity index (χ1n) is 5.06. The van der Waals surface area contributed by atoms with Gasteiger partial charge < -0.3 is 0 Å². The predicted octanol–water partition coefficient (Wildman–Crippen LogP) is 3.05. The summed E-state index contributed by atoms with van der Waals surface area (Å²) in [4.78, 5) is 0. The van der Waals surface area contributed by atoms with Crippen LogP contribution in [0.4, 0.5) is 0 Å². The Hall–Kier alpha value is -0.560. The molecule has 0 aliphatic carbocycles. The molecule has 12 heavy (non-hydrogen) atoms. The minimum Gasteiger partial charge on any atom is -0.271 e. The van der Waals surface area contributed by atoms with Gasteiger partial charge in [-0.3, -0.25) is 4.48 Å². The standard InChI is InChI=1S/C11H20N/c1-3-5-6-9-12(4-2)10-7-8-11-12/h7-8,10-11H,3-6,9H2,1-2H3/q+1. The number of nitrogens with zero attached hydrogens (tertiary/aromatic N) is 1. The quantitative estimate of drug-likeness (QED) is 0.435. The Kier molecular flexibility index (Phi) is 3.54. The molecule has 0 spiro atoms. The third-order valence-electron chi connectivity index (χ3n) is 2.64. The molecule has 68 valence electrons. The van der Waals surface area contributed by atoms with Crippen LogP contribution >= 0.6 is 0 Å². The van der Waals surface area contributed by atoms with Crippen LogP contribution in [0, 0.1) is 0 Å². The Morgan fingerprint density at radius 3 is 2.17 bits per heavy atom. The Labute approximate surface area is 76.0 Å². The maximum Gasteiger partial charge on any atom is 0.101 e. The summed E-state index contributed by atoms with van der Waals surface area (Å²) in [5.74, 6) is 0. The van der Waals surface area contributed by atoms with Gasteiger partial charge in [0.05, 0.1) is 13.1 Å².